The molecule has 0 aliphatic carbocycles. The molecular formula is C9H12BrIN2O. The fourth-order valence-electron chi connectivity index (χ4n) is 1.08. The molecule has 1 aromatic rings. The molecule has 0 saturated heterocycles. The van der Waals surface area contributed by atoms with Crippen molar-refractivity contribution >= 4 is 38.5 Å². The van der Waals surface area contributed by atoms with E-state index >= 15 is 0 Å². The molecule has 0 unspecified atom stereocenters. The lowest BCUT2D eigenvalue weighted by molar-refractivity contribution is 0.601. The predicted molar refractivity (Wildman–Crippen MR) is 69.0 cm³/mol. The van der Waals surface area contributed by atoms with Gasteiger partial charge >= 0.3 is 0 Å². The molecule has 0 fully saturated rings. The highest BCUT2D eigenvalue weighted by atomic mass is 127. The highest BCUT2D eigenvalue weighted by molar-refractivity contribution is 14.1. The maximum Gasteiger partial charge on any atom is 0.266 e. The molecular weight excluding hydrogens is 359 g/mol. The highest BCUT2D eigenvalue weighted by Gasteiger charge is 2.04. The molecule has 0 amide bonds. The Morgan fingerprint density at radius 3 is 2.93 bits per heavy atom. The third-order valence-corrected chi connectivity index (χ3v) is 3.74. The third kappa shape index (κ3) is 3.05. The first-order valence-electron chi connectivity index (χ1n) is 4.44. The van der Waals surface area contributed by atoms with Crippen molar-refractivity contribution in [2.24, 2.45) is 0 Å². The summed E-state index contributed by atoms with van der Waals surface area (Å²) in [6.07, 6.45) is 3.72. The average Bonchev–Trinajstić information content (AvgIpc) is 2.18. The van der Waals surface area contributed by atoms with E-state index in [9.17, 15) is 4.79 Å². The minimum atomic E-state index is 0.0765. The Balaban J connectivity index is 2.79. The second-order valence-electron chi connectivity index (χ2n) is 3.04. The van der Waals surface area contributed by atoms with Crippen molar-refractivity contribution < 1.29 is 0 Å². The van der Waals surface area contributed by atoms with E-state index in [2.05, 4.69) is 43.5 Å². The fourth-order valence-corrected chi connectivity index (χ4v) is 1.93. The molecule has 0 saturated carbocycles. The van der Waals surface area contributed by atoms with Gasteiger partial charge in [-0.2, -0.15) is 0 Å². The molecule has 3 nitrogen and oxygen atoms in total. The van der Waals surface area contributed by atoms with Gasteiger partial charge in [0, 0.05) is 11.9 Å². The zero-order valence-electron chi connectivity index (χ0n) is 7.96. The molecule has 5 heteroatoms. The van der Waals surface area contributed by atoms with Gasteiger partial charge in [0.25, 0.3) is 5.56 Å². The lowest BCUT2D eigenvalue weighted by Gasteiger charge is -2.05. The van der Waals surface area contributed by atoms with Crippen molar-refractivity contribution in [1.29, 1.82) is 0 Å². The first-order valence-corrected chi connectivity index (χ1v) is 6.64. The van der Waals surface area contributed by atoms with Crippen LogP contribution in [0, 0.1) is 10.5 Å². The maximum absolute atomic E-state index is 11.7. The molecule has 0 bridgehead atoms. The summed E-state index contributed by atoms with van der Waals surface area (Å²) in [6, 6.07) is 0. The Kier molecular flexibility index (Phi) is 5.08. The summed E-state index contributed by atoms with van der Waals surface area (Å²) >= 11 is 5.41. The zero-order chi connectivity index (χ0) is 10.6. The van der Waals surface area contributed by atoms with Crippen LogP contribution in [0.25, 0.3) is 0 Å². The van der Waals surface area contributed by atoms with Crippen molar-refractivity contribution in [2.75, 3.05) is 5.33 Å². The standard InChI is InChI=1S/C9H12BrIN2O/c1-7-8(11)9(14)13(6-12-7)5-3-2-4-10/h6H,2-5H2,1H3. The number of nitrogens with zero attached hydrogens (tertiary/aromatic N) is 2. The number of halogens is 2. The number of rotatable bonds is 4. The van der Waals surface area contributed by atoms with E-state index in [1.807, 2.05) is 6.92 Å². The van der Waals surface area contributed by atoms with Gasteiger partial charge in [-0.25, -0.2) is 4.98 Å². The largest absolute Gasteiger partial charge is 0.298 e. The van der Waals surface area contributed by atoms with Crippen molar-refractivity contribution in [1.82, 2.24) is 9.55 Å². The second-order valence-corrected chi connectivity index (χ2v) is 4.91. The summed E-state index contributed by atoms with van der Waals surface area (Å²) in [7, 11) is 0. The van der Waals surface area contributed by atoms with Crippen LogP contribution in [0.1, 0.15) is 18.5 Å². The van der Waals surface area contributed by atoms with Gasteiger partial charge in [0.2, 0.25) is 0 Å². The van der Waals surface area contributed by atoms with Gasteiger partial charge in [0.05, 0.1) is 15.6 Å². The third-order valence-electron chi connectivity index (χ3n) is 1.94. The molecule has 0 aromatic carbocycles. The monoisotopic (exact) mass is 370 g/mol. The average molecular weight is 371 g/mol. The SMILES string of the molecule is Cc1ncn(CCCCBr)c(=O)c1I. The lowest BCUT2D eigenvalue weighted by Crippen LogP contribution is -2.24. The molecule has 0 aliphatic rings. The number of unbranched alkanes of at least 4 members (excludes halogenated alkanes) is 1. The van der Waals surface area contributed by atoms with Crippen LogP contribution in [0.5, 0.6) is 0 Å². The Labute approximate surface area is 105 Å². The molecule has 0 radical (unpaired) electrons. The van der Waals surface area contributed by atoms with E-state index in [0.717, 1.165) is 34.0 Å². The molecule has 0 atom stereocenters. The molecule has 1 aromatic heterocycles. The first kappa shape index (κ1) is 12.2. The smallest absolute Gasteiger partial charge is 0.266 e. The molecule has 78 valence electrons. The van der Waals surface area contributed by atoms with Gasteiger partial charge in [-0.3, -0.25) is 9.36 Å². The van der Waals surface area contributed by atoms with E-state index in [1.54, 1.807) is 10.9 Å². The zero-order valence-corrected chi connectivity index (χ0v) is 11.7. The van der Waals surface area contributed by atoms with Crippen LogP contribution >= 0.6 is 38.5 Å². The maximum atomic E-state index is 11.7. The Morgan fingerprint density at radius 1 is 1.57 bits per heavy atom. The van der Waals surface area contributed by atoms with E-state index in [0.29, 0.717) is 0 Å². The number of hydrogen-bond acceptors (Lipinski definition) is 2. The Bertz CT molecular complexity index is 364. The van der Waals surface area contributed by atoms with Crippen LogP contribution in [0.2, 0.25) is 0 Å². The van der Waals surface area contributed by atoms with Gasteiger partial charge in [-0.05, 0) is 42.4 Å². The van der Waals surface area contributed by atoms with Crippen LogP contribution in [-0.2, 0) is 6.54 Å². The minimum Gasteiger partial charge on any atom is -0.298 e. The molecule has 0 N–H and O–H groups in total. The predicted octanol–water partition coefficient (Wildman–Crippen LogP) is 2.33. The highest BCUT2D eigenvalue weighted by Crippen LogP contribution is 2.02. The molecule has 0 spiro atoms. The summed E-state index contributed by atoms with van der Waals surface area (Å²) in [5, 5.41) is 0.984. The number of aryl methyl sites for hydroxylation is 2. The van der Waals surface area contributed by atoms with Crippen LogP contribution in [-0.4, -0.2) is 14.9 Å². The number of alkyl halides is 1. The summed E-state index contributed by atoms with van der Waals surface area (Å²) in [5.41, 5.74) is 0.889. The van der Waals surface area contributed by atoms with Gasteiger partial charge < -0.3 is 0 Å². The van der Waals surface area contributed by atoms with Gasteiger partial charge in [-0.15, -0.1) is 0 Å². The quantitative estimate of drug-likeness (QED) is 0.463. The number of hydrogen-bond donors (Lipinski definition) is 0. The van der Waals surface area contributed by atoms with Crippen molar-refractivity contribution in [3.05, 3.63) is 25.9 Å². The number of aromatic nitrogens is 2. The normalized spacial score (nSPS) is 10.5. The van der Waals surface area contributed by atoms with Gasteiger partial charge in [0.1, 0.15) is 0 Å². The van der Waals surface area contributed by atoms with E-state index in [1.165, 1.54) is 0 Å². The second kappa shape index (κ2) is 5.85. The fraction of sp³-hybridized carbons (Fsp3) is 0.556. The summed E-state index contributed by atoms with van der Waals surface area (Å²) in [5.74, 6) is 0. The Morgan fingerprint density at radius 2 is 2.29 bits per heavy atom. The van der Waals surface area contributed by atoms with Gasteiger partial charge in [-0.1, -0.05) is 15.9 Å². The molecule has 1 rings (SSSR count). The van der Waals surface area contributed by atoms with Crippen LogP contribution in [0.3, 0.4) is 0 Å². The van der Waals surface area contributed by atoms with Crippen LogP contribution in [0.4, 0.5) is 0 Å². The van der Waals surface area contributed by atoms with Crippen molar-refractivity contribution in [3.8, 4) is 0 Å². The summed E-state index contributed by atoms with van der Waals surface area (Å²) in [4.78, 5) is 15.8. The van der Waals surface area contributed by atoms with Crippen molar-refractivity contribution in [2.45, 2.75) is 26.3 Å². The van der Waals surface area contributed by atoms with Crippen LogP contribution in [0.15, 0.2) is 11.1 Å². The van der Waals surface area contributed by atoms with E-state index < -0.39 is 0 Å². The lowest BCUT2D eigenvalue weighted by atomic mass is 10.3. The molecule has 1 heterocycles. The summed E-state index contributed by atoms with van der Waals surface area (Å²) < 4.78 is 2.40. The molecule has 14 heavy (non-hydrogen) atoms. The van der Waals surface area contributed by atoms with E-state index in [4.69, 9.17) is 0 Å². The topological polar surface area (TPSA) is 34.9 Å². The Hall–Kier alpha value is 0.0900. The van der Waals surface area contributed by atoms with Gasteiger partial charge in [0.15, 0.2) is 0 Å². The van der Waals surface area contributed by atoms with Crippen LogP contribution < -0.4 is 5.56 Å². The molecule has 0 aliphatic heterocycles. The first-order chi connectivity index (χ1) is 6.66. The summed E-state index contributed by atoms with van der Waals surface area (Å²) in [6.45, 7) is 2.61. The van der Waals surface area contributed by atoms with E-state index in [-0.39, 0.29) is 5.56 Å². The minimum absolute atomic E-state index is 0.0765. The van der Waals surface area contributed by atoms with Crippen molar-refractivity contribution in [3.63, 3.8) is 0 Å².